The van der Waals surface area contributed by atoms with Crippen LogP contribution in [0.15, 0.2) is 65.8 Å². The highest BCUT2D eigenvalue weighted by atomic mass is 15.3. The van der Waals surface area contributed by atoms with Crippen LogP contribution in [-0.2, 0) is 0 Å². The Morgan fingerprint density at radius 3 is 2.46 bits per heavy atom. The van der Waals surface area contributed by atoms with Crippen LogP contribution in [0.25, 0.3) is 11.8 Å². The molecule has 1 heterocycles. The summed E-state index contributed by atoms with van der Waals surface area (Å²) < 4.78 is 1.71. The molecule has 5 heteroatoms. The number of benzene rings is 1. The second-order valence-electron chi connectivity index (χ2n) is 7.13. The molecule has 0 spiro atoms. The highest BCUT2D eigenvalue weighted by molar-refractivity contribution is 5.57. The normalized spacial score (nSPS) is 16.0. The molecule has 1 aliphatic rings. The third-order valence-corrected chi connectivity index (χ3v) is 4.32. The second kappa shape index (κ2) is 7.21. The van der Waals surface area contributed by atoms with Crippen molar-refractivity contribution in [2.24, 2.45) is 5.41 Å². The molecular formula is C21H19N5. The van der Waals surface area contributed by atoms with E-state index in [1.54, 1.807) is 11.0 Å². The van der Waals surface area contributed by atoms with Gasteiger partial charge in [0.1, 0.15) is 30.4 Å². The lowest BCUT2D eigenvalue weighted by Crippen LogP contribution is -2.17. The molecule has 1 aliphatic carbocycles. The van der Waals surface area contributed by atoms with E-state index in [1.165, 1.54) is 6.33 Å². The minimum Gasteiger partial charge on any atom is -0.223 e. The minimum absolute atomic E-state index is 0.0274. The van der Waals surface area contributed by atoms with Gasteiger partial charge in [-0.2, -0.15) is 15.6 Å². The van der Waals surface area contributed by atoms with Gasteiger partial charge in [-0.25, -0.2) is 9.67 Å². The lowest BCUT2D eigenvalue weighted by Gasteiger charge is -2.30. The van der Waals surface area contributed by atoms with Crippen molar-refractivity contribution in [1.82, 2.24) is 14.8 Å². The number of nitrogens with zero attached hydrogens (tertiary/aromatic N) is 5. The number of aromatic nitrogens is 3. The van der Waals surface area contributed by atoms with Gasteiger partial charge >= 0.3 is 0 Å². The molecule has 0 atom stereocenters. The van der Waals surface area contributed by atoms with Crippen LogP contribution in [0.3, 0.4) is 0 Å². The average molecular weight is 341 g/mol. The third kappa shape index (κ3) is 3.96. The number of hydrogen-bond acceptors (Lipinski definition) is 4. The zero-order valence-electron chi connectivity index (χ0n) is 14.8. The van der Waals surface area contributed by atoms with Crippen molar-refractivity contribution < 1.29 is 0 Å². The van der Waals surface area contributed by atoms with Crippen molar-refractivity contribution in [1.29, 1.82) is 10.5 Å². The molecule has 0 amide bonds. The van der Waals surface area contributed by atoms with Crippen LogP contribution in [0.5, 0.6) is 0 Å². The molecule has 0 N–H and O–H groups in total. The van der Waals surface area contributed by atoms with Gasteiger partial charge < -0.3 is 0 Å². The average Bonchev–Trinajstić information content (AvgIpc) is 3.15. The first-order valence-electron chi connectivity index (χ1n) is 8.38. The van der Waals surface area contributed by atoms with Gasteiger partial charge in [-0.15, -0.1) is 0 Å². The minimum atomic E-state index is 0.0274. The topological polar surface area (TPSA) is 78.3 Å². The van der Waals surface area contributed by atoms with Gasteiger partial charge in [0.05, 0.1) is 5.69 Å². The Hall–Kier alpha value is -3.44. The molecule has 0 unspecified atom stereocenters. The summed E-state index contributed by atoms with van der Waals surface area (Å²) in [5, 5.41) is 22.4. The summed E-state index contributed by atoms with van der Waals surface area (Å²) in [5.41, 5.74) is 4.22. The van der Waals surface area contributed by atoms with Crippen LogP contribution < -0.4 is 0 Å². The Labute approximate surface area is 153 Å². The lowest BCUT2D eigenvalue weighted by molar-refractivity contribution is 0.354. The molecule has 0 saturated carbocycles. The van der Waals surface area contributed by atoms with Gasteiger partial charge in [0, 0.05) is 0 Å². The SMILES string of the molecule is CC1(C)CC(/C=C/c2ccc(-n3cncn3)cc2)=CC(=C(C#N)C#N)C1. The van der Waals surface area contributed by atoms with Crippen molar-refractivity contribution in [3.63, 3.8) is 0 Å². The van der Waals surface area contributed by atoms with E-state index in [0.717, 1.165) is 35.2 Å². The summed E-state index contributed by atoms with van der Waals surface area (Å²) in [6.07, 6.45) is 10.9. The maximum Gasteiger partial charge on any atom is 0.138 e. The monoisotopic (exact) mass is 341 g/mol. The van der Waals surface area contributed by atoms with E-state index in [4.69, 9.17) is 10.5 Å². The van der Waals surface area contributed by atoms with Gasteiger partial charge in [0.2, 0.25) is 0 Å². The van der Waals surface area contributed by atoms with E-state index in [9.17, 15) is 0 Å². The van der Waals surface area contributed by atoms with E-state index >= 15 is 0 Å². The fraction of sp³-hybridized carbons (Fsp3) is 0.238. The van der Waals surface area contributed by atoms with E-state index < -0.39 is 0 Å². The molecule has 0 radical (unpaired) electrons. The molecule has 128 valence electrons. The largest absolute Gasteiger partial charge is 0.223 e. The molecule has 2 aromatic rings. The molecule has 0 fully saturated rings. The van der Waals surface area contributed by atoms with Crippen LogP contribution >= 0.6 is 0 Å². The molecule has 1 aromatic carbocycles. The molecule has 26 heavy (non-hydrogen) atoms. The highest BCUT2D eigenvalue weighted by Crippen LogP contribution is 2.39. The zero-order chi connectivity index (χ0) is 18.6. The standard InChI is InChI=1S/C21H19N5/c1-21(2)10-17(9-18(11-21)19(12-22)13-23)4-3-16-5-7-20(8-6-16)26-15-24-14-25-26/h3-9,14-15H,10-11H2,1-2H3/b4-3+. The summed E-state index contributed by atoms with van der Waals surface area (Å²) in [4.78, 5) is 3.95. The predicted octanol–water partition coefficient (Wildman–Crippen LogP) is 4.37. The van der Waals surface area contributed by atoms with E-state index in [0.29, 0.717) is 0 Å². The smallest absolute Gasteiger partial charge is 0.138 e. The van der Waals surface area contributed by atoms with Crippen molar-refractivity contribution >= 4 is 6.08 Å². The quantitative estimate of drug-likeness (QED) is 0.777. The van der Waals surface area contributed by atoms with E-state index in [1.807, 2.05) is 48.6 Å². The first-order chi connectivity index (χ1) is 12.5. The maximum atomic E-state index is 9.16. The van der Waals surface area contributed by atoms with Crippen LogP contribution in [0.2, 0.25) is 0 Å². The predicted molar refractivity (Wildman–Crippen MR) is 99.7 cm³/mol. The summed E-state index contributed by atoms with van der Waals surface area (Å²) in [6.45, 7) is 4.32. The summed E-state index contributed by atoms with van der Waals surface area (Å²) in [5.74, 6) is 0. The van der Waals surface area contributed by atoms with Crippen molar-refractivity contribution in [2.75, 3.05) is 0 Å². The van der Waals surface area contributed by atoms with Gasteiger partial charge in [-0.1, -0.05) is 44.2 Å². The molecule has 0 aliphatic heterocycles. The summed E-state index contributed by atoms with van der Waals surface area (Å²) >= 11 is 0. The Morgan fingerprint density at radius 1 is 1.12 bits per heavy atom. The number of hydrogen-bond donors (Lipinski definition) is 0. The molecule has 5 nitrogen and oxygen atoms in total. The molecular weight excluding hydrogens is 322 g/mol. The second-order valence-corrected chi connectivity index (χ2v) is 7.13. The zero-order valence-corrected chi connectivity index (χ0v) is 14.8. The number of rotatable bonds is 3. The first-order valence-corrected chi connectivity index (χ1v) is 8.38. The van der Waals surface area contributed by atoms with Crippen LogP contribution in [0.1, 0.15) is 32.3 Å². The Morgan fingerprint density at radius 2 is 1.85 bits per heavy atom. The number of allylic oxidation sites excluding steroid dienone is 5. The summed E-state index contributed by atoms with van der Waals surface area (Å²) in [7, 11) is 0. The van der Waals surface area contributed by atoms with Gasteiger partial charge in [-0.05, 0) is 47.1 Å². The van der Waals surface area contributed by atoms with Crippen molar-refractivity contribution in [3.8, 4) is 17.8 Å². The highest BCUT2D eigenvalue weighted by Gasteiger charge is 2.26. The van der Waals surface area contributed by atoms with Crippen molar-refractivity contribution in [2.45, 2.75) is 26.7 Å². The summed E-state index contributed by atoms with van der Waals surface area (Å²) in [6, 6.07) is 12.0. The molecule has 1 aromatic heterocycles. The fourth-order valence-electron chi connectivity index (χ4n) is 3.18. The van der Waals surface area contributed by atoms with Crippen LogP contribution in [-0.4, -0.2) is 14.8 Å². The Bertz CT molecular complexity index is 943. The Kier molecular flexibility index (Phi) is 4.82. The number of nitriles is 2. The van der Waals surface area contributed by atoms with Crippen LogP contribution in [0.4, 0.5) is 0 Å². The van der Waals surface area contributed by atoms with Gasteiger partial charge in [0.25, 0.3) is 0 Å². The Balaban J connectivity index is 1.84. The maximum absolute atomic E-state index is 9.16. The third-order valence-electron chi connectivity index (χ3n) is 4.32. The van der Waals surface area contributed by atoms with Crippen molar-refractivity contribution in [3.05, 3.63) is 71.4 Å². The lowest BCUT2D eigenvalue weighted by atomic mass is 9.74. The van der Waals surface area contributed by atoms with Gasteiger partial charge in [0.15, 0.2) is 0 Å². The van der Waals surface area contributed by atoms with E-state index in [-0.39, 0.29) is 11.0 Å². The molecule has 0 saturated heterocycles. The molecule has 0 bridgehead atoms. The van der Waals surface area contributed by atoms with Gasteiger partial charge in [-0.3, -0.25) is 0 Å². The molecule has 3 rings (SSSR count). The van der Waals surface area contributed by atoms with E-state index in [2.05, 4.69) is 30.0 Å². The fourth-order valence-corrected chi connectivity index (χ4v) is 3.18. The van der Waals surface area contributed by atoms with Crippen LogP contribution in [0, 0.1) is 28.1 Å². The first kappa shape index (κ1) is 17.4.